The summed E-state index contributed by atoms with van der Waals surface area (Å²) in [6.07, 6.45) is 0.805. The topological polar surface area (TPSA) is 49.4 Å². The molecule has 2 amide bonds. The maximum absolute atomic E-state index is 11.4. The van der Waals surface area contributed by atoms with Gasteiger partial charge in [0, 0.05) is 13.6 Å². The normalized spacial score (nSPS) is 35.6. The molecule has 0 unspecified atom stereocenters. The van der Waals surface area contributed by atoms with Crippen LogP contribution in [0.1, 0.15) is 6.42 Å². The molecule has 0 aromatic rings. The number of imide groups is 1. The van der Waals surface area contributed by atoms with Crippen LogP contribution in [0.25, 0.3) is 0 Å². The number of hydrogen-bond donors (Lipinski definition) is 1. The number of nitrogens with one attached hydrogen (secondary N) is 1. The first-order chi connectivity index (χ1) is 5.72. The number of carbonyl (C=O) groups excluding carboxylic acids is 2. The molecule has 0 aliphatic carbocycles. The Morgan fingerprint density at radius 2 is 2.00 bits per heavy atom. The van der Waals surface area contributed by atoms with E-state index < -0.39 is 0 Å². The van der Waals surface area contributed by atoms with Crippen molar-refractivity contribution < 1.29 is 9.59 Å². The largest absolute Gasteiger partial charge is 0.316 e. The Balaban J connectivity index is 2.25. The molecule has 2 heterocycles. The Morgan fingerprint density at radius 1 is 1.33 bits per heavy atom. The van der Waals surface area contributed by atoms with Crippen LogP contribution in [0.5, 0.6) is 0 Å². The van der Waals surface area contributed by atoms with Gasteiger partial charge in [0.25, 0.3) is 0 Å². The van der Waals surface area contributed by atoms with E-state index in [4.69, 9.17) is 0 Å². The number of fused-ring (bicyclic) bond motifs is 1. The van der Waals surface area contributed by atoms with Crippen LogP contribution in [0.2, 0.25) is 0 Å². The standard InChI is InChI=1S/C8H12N2O2/c1-10-7(11)5-2-3-9-4-6(5)8(10)12/h5-6,9H,2-4H2,1H3/t5-,6-/m1/s1. The maximum Gasteiger partial charge on any atom is 0.234 e. The highest BCUT2D eigenvalue weighted by molar-refractivity contribution is 6.05. The average molecular weight is 168 g/mol. The fraction of sp³-hybridized carbons (Fsp3) is 0.750. The summed E-state index contributed by atoms with van der Waals surface area (Å²) in [5, 5.41) is 3.13. The molecular formula is C8H12N2O2. The summed E-state index contributed by atoms with van der Waals surface area (Å²) in [4.78, 5) is 24.1. The Labute approximate surface area is 70.9 Å². The predicted octanol–water partition coefficient (Wildman–Crippen LogP) is -0.789. The van der Waals surface area contributed by atoms with Crippen LogP contribution in [0.15, 0.2) is 0 Å². The lowest BCUT2D eigenvalue weighted by atomic mass is 9.89. The van der Waals surface area contributed by atoms with Crippen molar-refractivity contribution in [3.05, 3.63) is 0 Å². The van der Waals surface area contributed by atoms with Crippen molar-refractivity contribution >= 4 is 11.8 Å². The molecule has 2 saturated heterocycles. The molecule has 0 radical (unpaired) electrons. The lowest BCUT2D eigenvalue weighted by Crippen LogP contribution is -2.38. The fourth-order valence-corrected chi connectivity index (χ4v) is 2.02. The zero-order valence-corrected chi connectivity index (χ0v) is 7.04. The highest BCUT2D eigenvalue weighted by Crippen LogP contribution is 2.29. The zero-order chi connectivity index (χ0) is 8.72. The van der Waals surface area contributed by atoms with Gasteiger partial charge in [-0.1, -0.05) is 0 Å². The van der Waals surface area contributed by atoms with Crippen molar-refractivity contribution in [1.29, 1.82) is 0 Å². The number of likely N-dealkylation sites (tertiary alicyclic amines) is 1. The van der Waals surface area contributed by atoms with Crippen LogP contribution in [0.4, 0.5) is 0 Å². The Bertz CT molecular complexity index is 215. The van der Waals surface area contributed by atoms with Gasteiger partial charge >= 0.3 is 0 Å². The van der Waals surface area contributed by atoms with E-state index in [9.17, 15) is 9.59 Å². The van der Waals surface area contributed by atoms with Crippen LogP contribution in [0.3, 0.4) is 0 Å². The second-order valence-corrected chi connectivity index (χ2v) is 3.44. The van der Waals surface area contributed by atoms with Gasteiger partial charge in [-0.05, 0) is 13.0 Å². The van der Waals surface area contributed by atoms with Gasteiger partial charge in [-0.2, -0.15) is 0 Å². The summed E-state index contributed by atoms with van der Waals surface area (Å²) < 4.78 is 0. The van der Waals surface area contributed by atoms with Crippen molar-refractivity contribution in [1.82, 2.24) is 10.2 Å². The van der Waals surface area contributed by atoms with Crippen molar-refractivity contribution in [3.63, 3.8) is 0 Å². The Hall–Kier alpha value is -0.900. The molecule has 12 heavy (non-hydrogen) atoms. The molecule has 1 N–H and O–H groups in total. The third kappa shape index (κ3) is 0.876. The average Bonchev–Trinajstić information content (AvgIpc) is 2.33. The van der Waals surface area contributed by atoms with Gasteiger partial charge in [-0.15, -0.1) is 0 Å². The van der Waals surface area contributed by atoms with Crippen LogP contribution in [-0.2, 0) is 9.59 Å². The molecular weight excluding hydrogens is 156 g/mol. The van der Waals surface area contributed by atoms with Gasteiger partial charge in [-0.25, -0.2) is 0 Å². The molecule has 0 aromatic carbocycles. The van der Waals surface area contributed by atoms with Crippen LogP contribution in [-0.4, -0.2) is 36.9 Å². The second kappa shape index (κ2) is 2.55. The molecule has 2 atom stereocenters. The molecule has 2 aliphatic heterocycles. The summed E-state index contributed by atoms with van der Waals surface area (Å²) in [5.41, 5.74) is 0. The minimum absolute atomic E-state index is 0.00602. The van der Waals surface area contributed by atoms with E-state index in [2.05, 4.69) is 5.32 Å². The molecule has 4 nitrogen and oxygen atoms in total. The smallest absolute Gasteiger partial charge is 0.234 e. The summed E-state index contributed by atoms with van der Waals surface area (Å²) in [6, 6.07) is 0. The molecule has 0 spiro atoms. The Kier molecular flexibility index (Phi) is 1.65. The monoisotopic (exact) mass is 168 g/mol. The SMILES string of the molecule is CN1C(=O)[C@@H]2CCNC[C@H]2C1=O. The number of rotatable bonds is 0. The first-order valence-electron chi connectivity index (χ1n) is 4.24. The molecule has 2 rings (SSSR count). The third-order valence-corrected chi connectivity index (χ3v) is 2.78. The highest BCUT2D eigenvalue weighted by atomic mass is 16.2. The number of hydrogen-bond acceptors (Lipinski definition) is 3. The predicted molar refractivity (Wildman–Crippen MR) is 42.2 cm³/mol. The van der Waals surface area contributed by atoms with E-state index in [-0.39, 0.29) is 23.7 Å². The lowest BCUT2D eigenvalue weighted by Gasteiger charge is -2.21. The van der Waals surface area contributed by atoms with Crippen LogP contribution in [0, 0.1) is 11.8 Å². The number of carbonyl (C=O) groups is 2. The minimum Gasteiger partial charge on any atom is -0.316 e. The number of amides is 2. The van der Waals surface area contributed by atoms with E-state index in [0.29, 0.717) is 6.54 Å². The number of nitrogens with zero attached hydrogens (tertiary/aromatic N) is 1. The molecule has 4 heteroatoms. The van der Waals surface area contributed by atoms with Gasteiger partial charge in [0.1, 0.15) is 0 Å². The van der Waals surface area contributed by atoms with Crippen LogP contribution < -0.4 is 5.32 Å². The van der Waals surface area contributed by atoms with Crippen molar-refractivity contribution in [2.24, 2.45) is 11.8 Å². The second-order valence-electron chi connectivity index (χ2n) is 3.44. The molecule has 2 fully saturated rings. The minimum atomic E-state index is -0.0868. The lowest BCUT2D eigenvalue weighted by molar-refractivity contribution is -0.138. The van der Waals surface area contributed by atoms with Crippen LogP contribution >= 0.6 is 0 Å². The molecule has 0 bridgehead atoms. The van der Waals surface area contributed by atoms with Crippen molar-refractivity contribution in [2.45, 2.75) is 6.42 Å². The number of piperidine rings is 1. The zero-order valence-electron chi connectivity index (χ0n) is 7.04. The van der Waals surface area contributed by atoms with E-state index in [1.54, 1.807) is 7.05 Å². The van der Waals surface area contributed by atoms with Crippen molar-refractivity contribution in [3.8, 4) is 0 Å². The van der Waals surface area contributed by atoms with Gasteiger partial charge in [-0.3, -0.25) is 14.5 Å². The summed E-state index contributed by atoms with van der Waals surface area (Å²) in [5.74, 6) is -0.135. The van der Waals surface area contributed by atoms with Gasteiger partial charge in [0.2, 0.25) is 11.8 Å². The van der Waals surface area contributed by atoms with Gasteiger partial charge in [0.15, 0.2) is 0 Å². The van der Waals surface area contributed by atoms with Gasteiger partial charge < -0.3 is 5.32 Å². The van der Waals surface area contributed by atoms with E-state index >= 15 is 0 Å². The summed E-state index contributed by atoms with van der Waals surface area (Å²) >= 11 is 0. The third-order valence-electron chi connectivity index (χ3n) is 2.78. The summed E-state index contributed by atoms with van der Waals surface area (Å²) in [7, 11) is 1.57. The van der Waals surface area contributed by atoms with E-state index in [1.807, 2.05) is 0 Å². The molecule has 0 saturated carbocycles. The van der Waals surface area contributed by atoms with E-state index in [0.717, 1.165) is 13.0 Å². The summed E-state index contributed by atoms with van der Waals surface area (Å²) in [6.45, 7) is 1.52. The quantitative estimate of drug-likeness (QED) is 0.482. The highest BCUT2D eigenvalue weighted by Gasteiger charge is 2.46. The maximum atomic E-state index is 11.4. The molecule has 2 aliphatic rings. The molecule has 0 aromatic heterocycles. The van der Waals surface area contributed by atoms with Gasteiger partial charge in [0.05, 0.1) is 11.8 Å². The Morgan fingerprint density at radius 3 is 2.67 bits per heavy atom. The first-order valence-corrected chi connectivity index (χ1v) is 4.24. The van der Waals surface area contributed by atoms with E-state index in [1.165, 1.54) is 4.90 Å². The fourth-order valence-electron chi connectivity index (χ4n) is 2.02. The first kappa shape index (κ1) is 7.73. The van der Waals surface area contributed by atoms with Crippen molar-refractivity contribution in [2.75, 3.05) is 20.1 Å². The molecule has 66 valence electrons.